The average Bonchev–Trinajstić information content (AvgIpc) is 2.47. The molecule has 1 fully saturated rings. The van der Waals surface area contributed by atoms with Crippen LogP contribution >= 0.6 is 0 Å². The maximum Gasteiger partial charge on any atom is 0.335 e. The Hall–Kier alpha value is -2.37. The molecule has 21 heavy (non-hydrogen) atoms. The number of nitrogens with zero attached hydrogens (tertiary/aromatic N) is 2. The zero-order valence-corrected chi connectivity index (χ0v) is 11.9. The van der Waals surface area contributed by atoms with E-state index in [0.29, 0.717) is 24.2 Å². The lowest BCUT2D eigenvalue weighted by atomic mass is 10.1. The highest BCUT2D eigenvalue weighted by Gasteiger charge is 2.30. The number of hydrogen-bond donors (Lipinski definition) is 0. The van der Waals surface area contributed by atoms with Crippen molar-refractivity contribution in [1.29, 1.82) is 0 Å². The molecule has 0 aliphatic carbocycles. The average molecular weight is 290 g/mol. The molecule has 0 bridgehead atoms. The highest BCUT2D eigenvalue weighted by Crippen LogP contribution is 2.33. The molecule has 1 saturated heterocycles. The number of esters is 1. The molecule has 0 aromatic heterocycles. The van der Waals surface area contributed by atoms with Crippen molar-refractivity contribution >= 4 is 17.3 Å². The van der Waals surface area contributed by atoms with Crippen LogP contribution in [0.5, 0.6) is 0 Å². The maximum atomic E-state index is 11.7. The Morgan fingerprint density at radius 3 is 2.81 bits per heavy atom. The Morgan fingerprint density at radius 1 is 1.43 bits per heavy atom. The van der Waals surface area contributed by atoms with Crippen LogP contribution in [-0.4, -0.2) is 23.7 Å². The van der Waals surface area contributed by atoms with Crippen molar-refractivity contribution in [2.24, 2.45) is 0 Å². The Kier molecular flexibility index (Phi) is 4.57. The molecule has 112 valence electrons. The highest BCUT2D eigenvalue weighted by atomic mass is 16.6. The minimum absolute atomic E-state index is 0.0239. The highest BCUT2D eigenvalue weighted by molar-refractivity contribution is 5.87. The predicted molar refractivity (Wildman–Crippen MR) is 79.0 cm³/mol. The summed E-state index contributed by atoms with van der Waals surface area (Å²) >= 11 is 0. The molecule has 0 spiro atoms. The lowest BCUT2D eigenvalue weighted by Gasteiger charge is -2.36. The molecule has 0 amide bonds. The number of carbonyl (C=O) groups is 1. The second-order valence-corrected chi connectivity index (χ2v) is 5.08. The molecule has 0 saturated carbocycles. The number of piperidine rings is 1. The molecular weight excluding hydrogens is 272 g/mol. The first kappa shape index (κ1) is 15.0. The van der Waals surface area contributed by atoms with Crippen LogP contribution in [0.3, 0.4) is 0 Å². The summed E-state index contributed by atoms with van der Waals surface area (Å²) in [5.74, 6) is -0.467. The number of anilines is 1. The van der Waals surface area contributed by atoms with Crippen LogP contribution in [0.15, 0.2) is 36.4 Å². The predicted octanol–water partition coefficient (Wildman–Crippen LogP) is 3.03. The lowest BCUT2D eigenvalue weighted by molar-refractivity contribution is -0.384. The Morgan fingerprint density at radius 2 is 2.14 bits per heavy atom. The van der Waals surface area contributed by atoms with E-state index in [4.69, 9.17) is 4.74 Å². The molecule has 2 rings (SSSR count). The fourth-order valence-electron chi connectivity index (χ4n) is 2.38. The van der Waals surface area contributed by atoms with Gasteiger partial charge in [0.15, 0.2) is 6.23 Å². The van der Waals surface area contributed by atoms with Crippen molar-refractivity contribution in [2.75, 3.05) is 11.4 Å². The SMILES string of the molecule is C=C(C)C(=O)OC1CCCCN1c1ccccc1[N+](=O)[O-]. The third-order valence-electron chi connectivity index (χ3n) is 3.43. The first-order chi connectivity index (χ1) is 10.0. The van der Waals surface area contributed by atoms with Gasteiger partial charge in [0.05, 0.1) is 4.92 Å². The largest absolute Gasteiger partial charge is 0.438 e. The van der Waals surface area contributed by atoms with E-state index in [1.165, 1.54) is 6.07 Å². The summed E-state index contributed by atoms with van der Waals surface area (Å²) in [6.07, 6.45) is 2.01. The summed E-state index contributed by atoms with van der Waals surface area (Å²) in [7, 11) is 0. The molecule has 1 aromatic rings. The van der Waals surface area contributed by atoms with Gasteiger partial charge < -0.3 is 9.64 Å². The number of para-hydroxylation sites is 2. The molecule has 1 unspecified atom stereocenters. The van der Waals surface area contributed by atoms with Gasteiger partial charge in [0.2, 0.25) is 0 Å². The second kappa shape index (κ2) is 6.39. The fourth-order valence-corrected chi connectivity index (χ4v) is 2.38. The summed E-state index contributed by atoms with van der Waals surface area (Å²) in [4.78, 5) is 24.3. The minimum Gasteiger partial charge on any atom is -0.438 e. The fraction of sp³-hybridized carbons (Fsp3) is 0.400. The number of rotatable bonds is 4. The van der Waals surface area contributed by atoms with Crippen molar-refractivity contribution in [3.63, 3.8) is 0 Å². The van der Waals surface area contributed by atoms with Gasteiger partial charge >= 0.3 is 5.97 Å². The molecule has 1 aromatic carbocycles. The van der Waals surface area contributed by atoms with Crippen molar-refractivity contribution < 1.29 is 14.5 Å². The van der Waals surface area contributed by atoms with Crippen molar-refractivity contribution in [2.45, 2.75) is 32.4 Å². The van der Waals surface area contributed by atoms with E-state index in [2.05, 4.69) is 6.58 Å². The number of nitro groups is 1. The van der Waals surface area contributed by atoms with E-state index in [0.717, 1.165) is 12.8 Å². The van der Waals surface area contributed by atoms with Crippen molar-refractivity contribution in [3.05, 3.63) is 46.5 Å². The van der Waals surface area contributed by atoms with Gasteiger partial charge in [-0.2, -0.15) is 0 Å². The van der Waals surface area contributed by atoms with Crippen LogP contribution in [0.1, 0.15) is 26.2 Å². The molecule has 1 aliphatic rings. The third-order valence-corrected chi connectivity index (χ3v) is 3.43. The van der Waals surface area contributed by atoms with Crippen LogP contribution in [0.2, 0.25) is 0 Å². The number of benzene rings is 1. The Bertz CT molecular complexity index is 571. The van der Waals surface area contributed by atoms with Gasteiger partial charge in [-0.05, 0) is 25.8 Å². The van der Waals surface area contributed by atoms with Crippen LogP contribution in [-0.2, 0) is 9.53 Å². The first-order valence-electron chi connectivity index (χ1n) is 6.87. The van der Waals surface area contributed by atoms with Crippen LogP contribution in [0, 0.1) is 10.1 Å². The van der Waals surface area contributed by atoms with Crippen LogP contribution in [0.25, 0.3) is 0 Å². The molecule has 0 radical (unpaired) electrons. The van der Waals surface area contributed by atoms with Gasteiger partial charge in [-0.3, -0.25) is 10.1 Å². The summed E-state index contributed by atoms with van der Waals surface area (Å²) in [5.41, 5.74) is 0.834. The van der Waals surface area contributed by atoms with Gasteiger partial charge in [0.1, 0.15) is 5.69 Å². The lowest BCUT2D eigenvalue weighted by Crippen LogP contribution is -2.43. The number of nitro benzene ring substituents is 1. The zero-order valence-electron chi connectivity index (χ0n) is 11.9. The quantitative estimate of drug-likeness (QED) is 0.369. The second-order valence-electron chi connectivity index (χ2n) is 5.08. The van der Waals surface area contributed by atoms with Gasteiger partial charge in [-0.1, -0.05) is 18.7 Å². The van der Waals surface area contributed by atoms with E-state index >= 15 is 0 Å². The minimum atomic E-state index is -0.482. The maximum absolute atomic E-state index is 11.7. The molecular formula is C15H18N2O4. The zero-order chi connectivity index (χ0) is 15.4. The van der Waals surface area contributed by atoms with Crippen LogP contribution in [0.4, 0.5) is 11.4 Å². The number of carbonyl (C=O) groups excluding carboxylic acids is 1. The van der Waals surface area contributed by atoms with E-state index in [1.807, 2.05) is 0 Å². The van der Waals surface area contributed by atoms with E-state index < -0.39 is 17.1 Å². The van der Waals surface area contributed by atoms with Gasteiger partial charge in [0, 0.05) is 24.6 Å². The van der Waals surface area contributed by atoms with E-state index in [-0.39, 0.29) is 5.69 Å². The number of hydrogen-bond acceptors (Lipinski definition) is 5. The van der Waals surface area contributed by atoms with Crippen molar-refractivity contribution in [3.8, 4) is 0 Å². The molecule has 6 heteroatoms. The van der Waals surface area contributed by atoms with E-state index in [1.54, 1.807) is 30.0 Å². The summed E-state index contributed by atoms with van der Waals surface area (Å²) in [6.45, 7) is 5.77. The Balaban J connectivity index is 2.29. The molecule has 1 atom stereocenters. The standard InChI is InChI=1S/C15H18N2O4/c1-11(2)15(18)21-14-9-5-6-10-16(14)12-7-3-4-8-13(12)17(19)20/h3-4,7-8,14H,1,5-6,9-10H2,2H3. The molecule has 6 nitrogen and oxygen atoms in total. The van der Waals surface area contributed by atoms with Gasteiger partial charge in [-0.15, -0.1) is 0 Å². The van der Waals surface area contributed by atoms with Crippen molar-refractivity contribution in [1.82, 2.24) is 0 Å². The summed E-state index contributed by atoms with van der Waals surface area (Å²) < 4.78 is 5.42. The molecule has 1 aliphatic heterocycles. The summed E-state index contributed by atoms with van der Waals surface area (Å²) in [5, 5.41) is 11.2. The normalized spacial score (nSPS) is 18.1. The molecule has 1 heterocycles. The third kappa shape index (κ3) is 3.39. The monoisotopic (exact) mass is 290 g/mol. The topological polar surface area (TPSA) is 72.7 Å². The van der Waals surface area contributed by atoms with Gasteiger partial charge in [0.25, 0.3) is 5.69 Å². The van der Waals surface area contributed by atoms with Crippen LogP contribution < -0.4 is 4.90 Å². The van der Waals surface area contributed by atoms with Gasteiger partial charge in [-0.25, -0.2) is 4.79 Å². The first-order valence-corrected chi connectivity index (χ1v) is 6.87. The smallest absolute Gasteiger partial charge is 0.335 e. The number of ether oxygens (including phenoxy) is 1. The van der Waals surface area contributed by atoms with E-state index in [9.17, 15) is 14.9 Å². The summed E-state index contributed by atoms with van der Waals surface area (Å²) in [6, 6.07) is 6.52. The molecule has 0 N–H and O–H groups in total. The Labute approximate surface area is 123 Å².